The van der Waals surface area contributed by atoms with Crippen LogP contribution in [-0.2, 0) is 16.0 Å². The molecule has 144 valence electrons. The predicted molar refractivity (Wildman–Crippen MR) is 96.4 cm³/mol. The fourth-order valence-corrected chi connectivity index (χ4v) is 3.49. The lowest BCUT2D eigenvalue weighted by atomic mass is 9.97. The number of amides is 1. The van der Waals surface area contributed by atoms with Crippen molar-refractivity contribution in [2.75, 3.05) is 6.54 Å². The van der Waals surface area contributed by atoms with E-state index in [0.29, 0.717) is 36.6 Å². The van der Waals surface area contributed by atoms with Gasteiger partial charge in [0.15, 0.2) is 11.7 Å². The van der Waals surface area contributed by atoms with E-state index in [1.165, 1.54) is 12.3 Å². The standard InChI is InChI=1S/C20H23FN2O4/c21-16-7-2-1-6-15(16)17-13-22-18(27-17)9-10-19(24)23-12-4-3-5-14(23)8-11-20(25)26/h1-2,6-7,13-14H,3-5,8-12H2,(H,25,26). The minimum Gasteiger partial charge on any atom is -0.481 e. The van der Waals surface area contributed by atoms with Gasteiger partial charge in [-0.15, -0.1) is 0 Å². The van der Waals surface area contributed by atoms with Crippen LogP contribution in [0.4, 0.5) is 4.39 Å². The summed E-state index contributed by atoms with van der Waals surface area (Å²) in [5, 5.41) is 8.89. The van der Waals surface area contributed by atoms with Gasteiger partial charge in [0.05, 0.1) is 11.8 Å². The van der Waals surface area contributed by atoms with Gasteiger partial charge in [0.25, 0.3) is 0 Å². The molecule has 2 heterocycles. The molecule has 0 radical (unpaired) electrons. The molecule has 27 heavy (non-hydrogen) atoms. The number of aromatic nitrogens is 1. The summed E-state index contributed by atoms with van der Waals surface area (Å²) in [6.07, 6.45) is 5.38. The Hall–Kier alpha value is -2.70. The molecule has 1 N–H and O–H groups in total. The second-order valence-electron chi connectivity index (χ2n) is 6.77. The summed E-state index contributed by atoms with van der Waals surface area (Å²) >= 11 is 0. The molecule has 1 amide bonds. The maximum atomic E-state index is 13.8. The number of aryl methyl sites for hydroxylation is 1. The molecule has 1 aliphatic heterocycles. The number of aliphatic carboxylic acids is 1. The lowest BCUT2D eigenvalue weighted by Crippen LogP contribution is -2.44. The number of carbonyl (C=O) groups excluding carboxylic acids is 1. The van der Waals surface area contributed by atoms with E-state index in [4.69, 9.17) is 9.52 Å². The SMILES string of the molecule is O=C(O)CCC1CCCCN1C(=O)CCc1ncc(-c2ccccc2F)o1. The fraction of sp³-hybridized carbons (Fsp3) is 0.450. The normalized spacial score (nSPS) is 17.1. The third-order valence-corrected chi connectivity index (χ3v) is 4.88. The van der Waals surface area contributed by atoms with Crippen LogP contribution in [0.5, 0.6) is 0 Å². The van der Waals surface area contributed by atoms with Crippen LogP contribution < -0.4 is 0 Å². The molecule has 0 aliphatic carbocycles. The number of carbonyl (C=O) groups is 2. The molecule has 1 aliphatic rings. The third kappa shape index (κ3) is 4.93. The van der Waals surface area contributed by atoms with Crippen LogP contribution >= 0.6 is 0 Å². The van der Waals surface area contributed by atoms with Crippen molar-refractivity contribution in [3.05, 3.63) is 42.2 Å². The van der Waals surface area contributed by atoms with Gasteiger partial charge < -0.3 is 14.4 Å². The van der Waals surface area contributed by atoms with Gasteiger partial charge in [-0.1, -0.05) is 12.1 Å². The first-order valence-electron chi connectivity index (χ1n) is 9.25. The molecule has 0 spiro atoms. The zero-order valence-electron chi connectivity index (χ0n) is 15.1. The van der Waals surface area contributed by atoms with Gasteiger partial charge in [-0.2, -0.15) is 0 Å². The summed E-state index contributed by atoms with van der Waals surface area (Å²) in [4.78, 5) is 29.4. The molecule has 6 nitrogen and oxygen atoms in total. The van der Waals surface area contributed by atoms with Gasteiger partial charge in [-0.3, -0.25) is 9.59 Å². The molecule has 2 aromatic rings. The minimum atomic E-state index is -0.839. The first-order chi connectivity index (χ1) is 13.0. The molecule has 1 aromatic carbocycles. The number of rotatable bonds is 7. The molecule has 7 heteroatoms. The van der Waals surface area contributed by atoms with Gasteiger partial charge in [0, 0.05) is 31.8 Å². The molecule has 1 fully saturated rings. The number of carboxylic acid groups (broad SMARTS) is 1. The van der Waals surface area contributed by atoms with Crippen LogP contribution in [0.15, 0.2) is 34.9 Å². The Balaban J connectivity index is 1.58. The third-order valence-electron chi connectivity index (χ3n) is 4.88. The fourth-order valence-electron chi connectivity index (χ4n) is 3.49. The van der Waals surface area contributed by atoms with Gasteiger partial charge in [0.2, 0.25) is 5.91 Å². The Bertz CT molecular complexity index is 805. The number of carboxylic acids is 1. The quantitative estimate of drug-likeness (QED) is 0.800. The van der Waals surface area contributed by atoms with E-state index >= 15 is 0 Å². The van der Waals surface area contributed by atoms with Crippen molar-refractivity contribution in [2.24, 2.45) is 0 Å². The average Bonchev–Trinajstić information content (AvgIpc) is 3.14. The van der Waals surface area contributed by atoms with Crippen molar-refractivity contribution < 1.29 is 23.5 Å². The van der Waals surface area contributed by atoms with Crippen molar-refractivity contribution in [3.8, 4) is 11.3 Å². The number of hydrogen-bond donors (Lipinski definition) is 1. The average molecular weight is 374 g/mol. The Morgan fingerprint density at radius 2 is 2.07 bits per heavy atom. The number of benzene rings is 1. The maximum Gasteiger partial charge on any atom is 0.303 e. The van der Waals surface area contributed by atoms with Gasteiger partial charge >= 0.3 is 5.97 Å². The topological polar surface area (TPSA) is 83.6 Å². The van der Waals surface area contributed by atoms with Crippen LogP contribution in [-0.4, -0.2) is 39.5 Å². The first-order valence-corrected chi connectivity index (χ1v) is 9.25. The smallest absolute Gasteiger partial charge is 0.303 e. The Labute approximate surface area is 157 Å². The van der Waals surface area contributed by atoms with Crippen LogP contribution in [0, 0.1) is 5.82 Å². The second-order valence-corrected chi connectivity index (χ2v) is 6.77. The van der Waals surface area contributed by atoms with Crippen LogP contribution in [0.2, 0.25) is 0 Å². The minimum absolute atomic E-state index is 0.0131. The van der Waals surface area contributed by atoms with Crippen molar-refractivity contribution in [1.82, 2.24) is 9.88 Å². The summed E-state index contributed by atoms with van der Waals surface area (Å²) in [7, 11) is 0. The van der Waals surface area contributed by atoms with E-state index in [0.717, 1.165) is 19.3 Å². The van der Waals surface area contributed by atoms with Gasteiger partial charge in [-0.05, 0) is 37.8 Å². The van der Waals surface area contributed by atoms with Gasteiger partial charge in [-0.25, -0.2) is 9.37 Å². The highest BCUT2D eigenvalue weighted by Crippen LogP contribution is 2.25. The molecular formula is C20H23FN2O4. The Morgan fingerprint density at radius 1 is 1.26 bits per heavy atom. The summed E-state index contributed by atoms with van der Waals surface area (Å²) < 4.78 is 19.4. The highest BCUT2D eigenvalue weighted by molar-refractivity contribution is 5.77. The molecular weight excluding hydrogens is 351 g/mol. The molecule has 0 saturated carbocycles. The van der Waals surface area contributed by atoms with E-state index in [9.17, 15) is 14.0 Å². The van der Waals surface area contributed by atoms with Gasteiger partial charge in [0.1, 0.15) is 5.82 Å². The number of likely N-dealkylation sites (tertiary alicyclic amines) is 1. The first kappa shape index (κ1) is 19.1. The van der Waals surface area contributed by atoms with E-state index in [-0.39, 0.29) is 30.6 Å². The number of oxazole rings is 1. The summed E-state index contributed by atoms with van der Waals surface area (Å²) in [5.41, 5.74) is 0.340. The number of nitrogens with zero attached hydrogens (tertiary/aromatic N) is 2. The van der Waals surface area contributed by atoms with E-state index in [1.807, 2.05) is 0 Å². The zero-order valence-corrected chi connectivity index (χ0v) is 15.1. The number of halogens is 1. The molecule has 1 atom stereocenters. The van der Waals surface area contributed by atoms with Crippen molar-refractivity contribution in [1.29, 1.82) is 0 Å². The number of hydrogen-bond acceptors (Lipinski definition) is 4. The van der Waals surface area contributed by atoms with Crippen molar-refractivity contribution in [3.63, 3.8) is 0 Å². The summed E-state index contributed by atoms with van der Waals surface area (Å²) in [6, 6.07) is 6.28. The lowest BCUT2D eigenvalue weighted by Gasteiger charge is -2.35. The van der Waals surface area contributed by atoms with E-state index < -0.39 is 5.97 Å². The number of piperidine rings is 1. The monoisotopic (exact) mass is 374 g/mol. The van der Waals surface area contributed by atoms with Crippen LogP contribution in [0.1, 0.15) is 44.4 Å². The largest absolute Gasteiger partial charge is 0.481 e. The molecule has 1 unspecified atom stereocenters. The Morgan fingerprint density at radius 3 is 2.85 bits per heavy atom. The molecule has 3 rings (SSSR count). The van der Waals surface area contributed by atoms with E-state index in [1.54, 1.807) is 23.1 Å². The van der Waals surface area contributed by atoms with Crippen molar-refractivity contribution >= 4 is 11.9 Å². The molecule has 1 aromatic heterocycles. The van der Waals surface area contributed by atoms with Crippen LogP contribution in [0.25, 0.3) is 11.3 Å². The van der Waals surface area contributed by atoms with Crippen molar-refractivity contribution in [2.45, 2.75) is 51.0 Å². The highest BCUT2D eigenvalue weighted by Gasteiger charge is 2.27. The predicted octanol–water partition coefficient (Wildman–Crippen LogP) is 3.66. The second kappa shape index (κ2) is 8.79. The van der Waals surface area contributed by atoms with Crippen LogP contribution in [0.3, 0.4) is 0 Å². The zero-order chi connectivity index (χ0) is 19.2. The summed E-state index contributed by atoms with van der Waals surface area (Å²) in [5.74, 6) is -0.511. The Kier molecular flexibility index (Phi) is 6.21. The van der Waals surface area contributed by atoms with E-state index in [2.05, 4.69) is 4.98 Å². The maximum absolute atomic E-state index is 13.8. The molecule has 0 bridgehead atoms. The lowest BCUT2D eigenvalue weighted by molar-refractivity contribution is -0.140. The highest BCUT2D eigenvalue weighted by atomic mass is 19.1. The summed E-state index contributed by atoms with van der Waals surface area (Å²) in [6.45, 7) is 0.662. The molecule has 1 saturated heterocycles.